The molecule has 35 heavy (non-hydrogen) atoms. The van der Waals surface area contributed by atoms with Crippen molar-refractivity contribution in [3.8, 4) is 11.1 Å². The molecule has 0 aliphatic heterocycles. The highest BCUT2D eigenvalue weighted by Gasteiger charge is 2.15. The molecular formula is C27H24Cl2N2O4. The number of aliphatic carboxylic acids is 1. The van der Waals surface area contributed by atoms with E-state index in [-0.39, 0.29) is 18.7 Å². The van der Waals surface area contributed by atoms with Gasteiger partial charge >= 0.3 is 5.97 Å². The smallest absolute Gasteiger partial charge is 0.303 e. The number of carbonyl (C=O) groups is 3. The summed E-state index contributed by atoms with van der Waals surface area (Å²) in [5.74, 6) is -1.83. The molecule has 0 heterocycles. The van der Waals surface area contributed by atoms with Crippen LogP contribution in [0.3, 0.4) is 0 Å². The number of amides is 2. The van der Waals surface area contributed by atoms with Crippen LogP contribution in [0.15, 0.2) is 78.5 Å². The third kappa shape index (κ3) is 7.98. The highest BCUT2D eigenvalue weighted by atomic mass is 35.5. The zero-order valence-corrected chi connectivity index (χ0v) is 20.3. The summed E-state index contributed by atoms with van der Waals surface area (Å²) < 4.78 is 0. The van der Waals surface area contributed by atoms with Crippen molar-refractivity contribution in [1.29, 1.82) is 0 Å². The van der Waals surface area contributed by atoms with E-state index in [9.17, 15) is 14.4 Å². The molecule has 0 fully saturated rings. The number of rotatable bonds is 10. The first-order valence-electron chi connectivity index (χ1n) is 11.0. The van der Waals surface area contributed by atoms with E-state index in [1.54, 1.807) is 30.3 Å². The average Bonchev–Trinajstić information content (AvgIpc) is 2.86. The largest absolute Gasteiger partial charge is 0.481 e. The van der Waals surface area contributed by atoms with Crippen LogP contribution in [0.4, 0.5) is 0 Å². The topological polar surface area (TPSA) is 95.5 Å². The van der Waals surface area contributed by atoms with E-state index in [0.717, 1.165) is 11.1 Å². The fourth-order valence-corrected chi connectivity index (χ4v) is 3.57. The molecular weight excluding hydrogens is 487 g/mol. The first kappa shape index (κ1) is 26.0. The SMILES string of the molecule is O=C(O)CCCCNC(=O)/C(=C\c1ccc(Cl)c(Cl)c1)NC(=O)c1ccc(-c2ccccc2)cc1. The fourth-order valence-electron chi connectivity index (χ4n) is 3.26. The molecule has 3 aromatic carbocycles. The number of hydrogen-bond acceptors (Lipinski definition) is 3. The normalized spacial score (nSPS) is 11.1. The van der Waals surface area contributed by atoms with Crippen molar-refractivity contribution in [2.75, 3.05) is 6.54 Å². The number of carboxylic acids is 1. The van der Waals surface area contributed by atoms with Crippen molar-refractivity contribution in [2.45, 2.75) is 19.3 Å². The maximum atomic E-state index is 12.9. The Morgan fingerprint density at radius 3 is 2.17 bits per heavy atom. The van der Waals surface area contributed by atoms with Crippen LogP contribution in [0.2, 0.25) is 10.0 Å². The van der Waals surface area contributed by atoms with E-state index in [1.807, 2.05) is 42.5 Å². The lowest BCUT2D eigenvalue weighted by atomic mass is 10.0. The maximum absolute atomic E-state index is 12.9. The first-order valence-corrected chi connectivity index (χ1v) is 11.7. The molecule has 0 radical (unpaired) electrons. The molecule has 0 bridgehead atoms. The Labute approximate surface area is 213 Å². The van der Waals surface area contributed by atoms with Crippen LogP contribution in [0.1, 0.15) is 35.2 Å². The Morgan fingerprint density at radius 1 is 0.829 bits per heavy atom. The van der Waals surface area contributed by atoms with E-state index in [2.05, 4.69) is 10.6 Å². The predicted octanol–water partition coefficient (Wildman–Crippen LogP) is 5.80. The summed E-state index contributed by atoms with van der Waals surface area (Å²) in [6.45, 7) is 0.270. The van der Waals surface area contributed by atoms with Crippen LogP contribution >= 0.6 is 23.2 Å². The van der Waals surface area contributed by atoms with Gasteiger partial charge in [0.05, 0.1) is 10.0 Å². The van der Waals surface area contributed by atoms with Gasteiger partial charge in [-0.3, -0.25) is 14.4 Å². The van der Waals surface area contributed by atoms with Crippen LogP contribution in [-0.2, 0) is 9.59 Å². The Hall–Kier alpha value is -3.61. The Kier molecular flexibility index (Phi) is 9.47. The van der Waals surface area contributed by atoms with Crippen LogP contribution in [0, 0.1) is 0 Å². The van der Waals surface area contributed by atoms with Gasteiger partial charge in [-0.25, -0.2) is 0 Å². The molecule has 0 aromatic heterocycles. The van der Waals surface area contributed by atoms with Gasteiger partial charge in [-0.2, -0.15) is 0 Å². The van der Waals surface area contributed by atoms with Gasteiger partial charge in [-0.1, -0.05) is 71.7 Å². The summed E-state index contributed by atoms with van der Waals surface area (Å²) in [4.78, 5) is 36.4. The lowest BCUT2D eigenvalue weighted by molar-refractivity contribution is -0.137. The number of halogens is 2. The van der Waals surface area contributed by atoms with Crippen molar-refractivity contribution in [2.24, 2.45) is 0 Å². The summed E-state index contributed by atoms with van der Waals surface area (Å²) in [7, 11) is 0. The second kappa shape index (κ2) is 12.7. The molecule has 8 heteroatoms. The van der Waals surface area contributed by atoms with Gasteiger partial charge in [0.25, 0.3) is 11.8 Å². The third-order valence-electron chi connectivity index (χ3n) is 5.10. The van der Waals surface area contributed by atoms with Gasteiger partial charge in [0.1, 0.15) is 5.70 Å². The summed E-state index contributed by atoms with van der Waals surface area (Å²) in [6, 6.07) is 21.7. The van der Waals surface area contributed by atoms with Gasteiger partial charge in [0, 0.05) is 18.5 Å². The molecule has 3 N–H and O–H groups in total. The van der Waals surface area contributed by atoms with Crippen LogP contribution in [0.25, 0.3) is 17.2 Å². The second-order valence-corrected chi connectivity index (χ2v) is 8.55. The lowest BCUT2D eigenvalue weighted by Gasteiger charge is -2.12. The second-order valence-electron chi connectivity index (χ2n) is 7.74. The molecule has 3 rings (SSSR count). The highest BCUT2D eigenvalue weighted by Crippen LogP contribution is 2.24. The van der Waals surface area contributed by atoms with Gasteiger partial charge in [0.2, 0.25) is 0 Å². The monoisotopic (exact) mass is 510 g/mol. The molecule has 0 aliphatic rings. The number of carbonyl (C=O) groups excluding carboxylic acids is 2. The molecule has 0 aliphatic carbocycles. The van der Waals surface area contributed by atoms with E-state index in [1.165, 1.54) is 6.08 Å². The van der Waals surface area contributed by atoms with E-state index in [0.29, 0.717) is 34.0 Å². The summed E-state index contributed by atoms with van der Waals surface area (Å²) in [5.41, 5.74) is 2.99. The molecule has 6 nitrogen and oxygen atoms in total. The lowest BCUT2D eigenvalue weighted by Crippen LogP contribution is -2.35. The Morgan fingerprint density at radius 2 is 1.51 bits per heavy atom. The summed E-state index contributed by atoms with van der Waals surface area (Å²) >= 11 is 12.1. The first-order chi connectivity index (χ1) is 16.8. The van der Waals surface area contributed by atoms with Gasteiger partial charge in [-0.15, -0.1) is 0 Å². The fraction of sp³-hybridized carbons (Fsp3) is 0.148. The zero-order chi connectivity index (χ0) is 25.2. The number of benzene rings is 3. The van der Waals surface area contributed by atoms with Gasteiger partial charge in [0.15, 0.2) is 0 Å². The van der Waals surface area contributed by atoms with Crippen molar-refractivity contribution in [3.05, 3.63) is 99.7 Å². The Bertz CT molecular complexity index is 1230. The molecule has 0 unspecified atom stereocenters. The number of unbranched alkanes of at least 4 members (excludes halogenated alkanes) is 1. The van der Waals surface area contributed by atoms with Crippen LogP contribution in [0.5, 0.6) is 0 Å². The van der Waals surface area contributed by atoms with Crippen molar-refractivity contribution in [3.63, 3.8) is 0 Å². The maximum Gasteiger partial charge on any atom is 0.303 e. The van der Waals surface area contributed by atoms with Crippen molar-refractivity contribution >= 4 is 47.1 Å². The van der Waals surface area contributed by atoms with E-state index >= 15 is 0 Å². The summed E-state index contributed by atoms with van der Waals surface area (Å²) in [5, 5.41) is 14.8. The molecule has 180 valence electrons. The van der Waals surface area contributed by atoms with Crippen LogP contribution in [-0.4, -0.2) is 29.4 Å². The Balaban J connectivity index is 1.75. The highest BCUT2D eigenvalue weighted by molar-refractivity contribution is 6.42. The molecule has 2 amide bonds. The predicted molar refractivity (Wildman–Crippen MR) is 138 cm³/mol. The van der Waals surface area contributed by atoms with Crippen LogP contribution < -0.4 is 10.6 Å². The van der Waals surface area contributed by atoms with Gasteiger partial charge < -0.3 is 15.7 Å². The molecule has 0 atom stereocenters. The number of hydrogen-bond donors (Lipinski definition) is 3. The minimum absolute atomic E-state index is 0.0254. The summed E-state index contributed by atoms with van der Waals surface area (Å²) in [6.07, 6.45) is 2.46. The van der Waals surface area contributed by atoms with Gasteiger partial charge in [-0.05, 0) is 59.9 Å². The minimum Gasteiger partial charge on any atom is -0.481 e. The average molecular weight is 511 g/mol. The van der Waals surface area contributed by atoms with Crippen molar-refractivity contribution in [1.82, 2.24) is 10.6 Å². The zero-order valence-electron chi connectivity index (χ0n) is 18.8. The molecule has 0 spiro atoms. The quantitative estimate of drug-likeness (QED) is 0.237. The standard InChI is InChI=1S/C27H24Cl2N2O4/c28-22-14-9-18(16-23(22)29)17-24(27(35)30-15-5-4-8-25(32)33)31-26(34)21-12-10-20(11-13-21)19-6-2-1-3-7-19/h1-3,6-7,9-14,16-17H,4-5,8,15H2,(H,30,35)(H,31,34)(H,32,33)/b24-17+. The number of carboxylic acid groups (broad SMARTS) is 1. The number of nitrogens with one attached hydrogen (secondary N) is 2. The van der Waals surface area contributed by atoms with E-state index < -0.39 is 17.8 Å². The minimum atomic E-state index is -0.887. The molecule has 3 aromatic rings. The molecule has 0 saturated carbocycles. The molecule has 0 saturated heterocycles. The third-order valence-corrected chi connectivity index (χ3v) is 5.84. The van der Waals surface area contributed by atoms with E-state index in [4.69, 9.17) is 28.3 Å². The van der Waals surface area contributed by atoms with Crippen molar-refractivity contribution < 1.29 is 19.5 Å².